The summed E-state index contributed by atoms with van der Waals surface area (Å²) >= 11 is 3.17. The quantitative estimate of drug-likeness (QED) is 0.0442. The molecule has 416 valence electrons. The normalized spacial score (nSPS) is 20.7. The van der Waals surface area contributed by atoms with Crippen LogP contribution in [0.3, 0.4) is 0 Å². The minimum absolute atomic E-state index is 0. The Labute approximate surface area is 494 Å². The number of carbonyl (C=O) groups excluding carboxylic acids is 4. The number of fused-ring (bicyclic) bond motifs is 8. The average molecular weight is 1210 g/mol. The maximum absolute atomic E-state index is 13.6. The number of rotatable bonds is 15. The minimum atomic E-state index is -0.596. The molecule has 8 aromatic carbocycles. The monoisotopic (exact) mass is 1210 g/mol. The topological polar surface area (TPSA) is 138 Å². The molecule has 4 bridgehead atoms. The number of nitrogens with zero attached hydrogens (tertiary/aromatic N) is 3. The SMILES string of the molecule is CC#N.O=C(CBr)c1ccc2ccccc2c1.O=C(C[N+]12CCC(CC1)[C@@H](OC(=O)[C@H](Nc1ccccc1)c1ccccc1)C2)c1ccc2ccccc2c1.O=C(O[C@H]1CN2CCC1CC2)[C@H](Nc1ccccc1)c1ccccc1.[Br-]. The fourth-order valence-corrected chi connectivity index (χ4v) is 11.8. The number of halogens is 2. The van der Waals surface area contributed by atoms with Gasteiger partial charge in [0.1, 0.15) is 19.2 Å². The van der Waals surface area contributed by atoms with Crippen molar-refractivity contribution in [3.8, 4) is 6.07 Å². The van der Waals surface area contributed by atoms with E-state index in [1.165, 1.54) is 12.3 Å². The van der Waals surface area contributed by atoms with Gasteiger partial charge < -0.3 is 41.6 Å². The first-order valence-corrected chi connectivity index (χ1v) is 28.9. The number of quaternary nitrogens is 1. The summed E-state index contributed by atoms with van der Waals surface area (Å²) < 4.78 is 12.9. The number of carbonyl (C=O) groups is 4. The van der Waals surface area contributed by atoms with E-state index in [4.69, 9.17) is 14.7 Å². The highest BCUT2D eigenvalue weighted by atomic mass is 79.9. The van der Waals surface area contributed by atoms with E-state index in [1.54, 1.807) is 6.07 Å². The smallest absolute Gasteiger partial charge is 0.333 e. The van der Waals surface area contributed by atoms with E-state index >= 15 is 0 Å². The molecule has 11 nitrogen and oxygen atoms in total. The van der Waals surface area contributed by atoms with Crippen LogP contribution in [0.25, 0.3) is 21.5 Å². The van der Waals surface area contributed by atoms with Crippen molar-refractivity contribution in [2.45, 2.75) is 56.9 Å². The maximum Gasteiger partial charge on any atom is 0.333 e. The second-order valence-corrected chi connectivity index (χ2v) is 21.7. The van der Waals surface area contributed by atoms with Crippen LogP contribution in [0.15, 0.2) is 206 Å². The zero-order chi connectivity index (χ0) is 55.7. The lowest BCUT2D eigenvalue weighted by molar-refractivity contribution is -0.938. The molecule has 4 atom stereocenters. The number of piperidine rings is 6. The number of anilines is 2. The van der Waals surface area contributed by atoms with Gasteiger partial charge >= 0.3 is 11.9 Å². The molecule has 6 heterocycles. The van der Waals surface area contributed by atoms with Gasteiger partial charge in [-0.05, 0) is 101 Å². The van der Waals surface area contributed by atoms with Gasteiger partial charge in [-0.25, -0.2) is 9.59 Å². The molecule has 0 spiro atoms. The first-order valence-electron chi connectivity index (χ1n) is 27.7. The molecule has 0 amide bonds. The summed E-state index contributed by atoms with van der Waals surface area (Å²) in [6.07, 6.45) is 4.08. The minimum Gasteiger partial charge on any atom is -1.00 e. The number of benzene rings is 8. The summed E-state index contributed by atoms with van der Waals surface area (Å²) in [6.45, 7) is 7.66. The number of alkyl halides is 1. The highest BCUT2D eigenvalue weighted by Gasteiger charge is 2.49. The average Bonchev–Trinajstić information content (AvgIpc) is 3.53. The largest absolute Gasteiger partial charge is 1.00 e. The third-order valence-electron chi connectivity index (χ3n) is 15.8. The van der Waals surface area contributed by atoms with Gasteiger partial charge in [0.2, 0.25) is 5.78 Å². The number of esters is 2. The van der Waals surface area contributed by atoms with E-state index in [2.05, 4.69) is 37.5 Å². The van der Waals surface area contributed by atoms with Gasteiger partial charge in [0.25, 0.3) is 0 Å². The summed E-state index contributed by atoms with van der Waals surface area (Å²) in [5, 5.41) is 18.9. The van der Waals surface area contributed by atoms with Crippen molar-refractivity contribution < 1.29 is 50.1 Å². The van der Waals surface area contributed by atoms with Crippen LogP contribution in [0.1, 0.15) is 76.5 Å². The van der Waals surface area contributed by atoms with Crippen LogP contribution in [-0.4, -0.2) is 96.2 Å². The molecule has 0 radical (unpaired) electrons. The number of ether oxygens (including phenoxy) is 2. The van der Waals surface area contributed by atoms with Crippen LogP contribution >= 0.6 is 15.9 Å². The predicted molar refractivity (Wildman–Crippen MR) is 322 cm³/mol. The van der Waals surface area contributed by atoms with Crippen molar-refractivity contribution in [2.75, 3.05) is 61.8 Å². The first-order chi connectivity index (χ1) is 39.1. The highest BCUT2D eigenvalue weighted by molar-refractivity contribution is 9.09. The molecule has 0 aromatic heterocycles. The summed E-state index contributed by atoms with van der Waals surface area (Å²) in [7, 11) is 0. The number of para-hydroxylation sites is 2. The lowest BCUT2D eigenvalue weighted by Crippen LogP contribution is -3.00. The van der Waals surface area contributed by atoms with E-state index in [0.29, 0.717) is 34.7 Å². The Hall–Kier alpha value is -7.47. The second kappa shape index (κ2) is 29.3. The summed E-state index contributed by atoms with van der Waals surface area (Å²) in [4.78, 5) is 53.8. The standard InChI is InChI=1S/C33H33N2O3.C21H24N2O2.C12H9BrO.C2H3N.BrH/c36-30(28-16-15-24-9-7-8-12-27(24)21-28)22-35-19-17-25(18-20-35)31(23-35)38-33(37)32(26-10-3-1-4-11-26)34-29-13-5-2-6-14-29;24-21(25-19-15-23-13-11-16(19)12-14-23)20(17-7-3-1-4-8-17)22-18-9-5-2-6-10-18;13-8-12(14)11-6-5-9-3-1-2-4-10(9)7-11;1-2-3;/h1-16,21,25,31-32,34H,17-20,22-23H2;1-10,16,19-20,22H,11-15H2;1-7H,8H2;1H3;1H/q+1;;;;/p-1/t25?,31-,32+,35?;19-,20+;;;/m00.../s1. The lowest BCUT2D eigenvalue weighted by Gasteiger charge is -2.51. The number of hydrogen-bond donors (Lipinski definition) is 2. The number of Topliss-reactive ketones (excluding diaryl/α,β-unsaturated/α-hetero) is 2. The molecule has 0 unspecified atom stereocenters. The van der Waals surface area contributed by atoms with Crippen LogP contribution in [-0.2, 0) is 19.1 Å². The fraction of sp³-hybridized carbons (Fsp3) is 0.279. The van der Waals surface area contributed by atoms with Crippen LogP contribution in [0, 0.1) is 23.2 Å². The molecular formula is C68H69Br2N5O6. The Morgan fingerprint density at radius 1 is 0.556 bits per heavy atom. The number of nitrogens with one attached hydrogen (secondary N) is 2. The van der Waals surface area contributed by atoms with Gasteiger partial charge in [0.15, 0.2) is 24.0 Å². The van der Waals surface area contributed by atoms with E-state index in [-0.39, 0.29) is 52.7 Å². The molecule has 6 aliphatic rings. The first kappa shape index (κ1) is 59.6. The molecule has 0 aliphatic carbocycles. The van der Waals surface area contributed by atoms with Crippen molar-refractivity contribution in [2.24, 2.45) is 11.8 Å². The molecule has 0 saturated carbocycles. The lowest BCUT2D eigenvalue weighted by atomic mass is 9.82. The van der Waals surface area contributed by atoms with Crippen molar-refractivity contribution in [1.29, 1.82) is 5.26 Å². The molecule has 6 saturated heterocycles. The molecular weight excluding hydrogens is 1140 g/mol. The van der Waals surface area contributed by atoms with Crippen molar-refractivity contribution in [3.63, 3.8) is 0 Å². The fourth-order valence-electron chi connectivity index (χ4n) is 11.5. The predicted octanol–water partition coefficient (Wildman–Crippen LogP) is 10.5. The van der Waals surface area contributed by atoms with Crippen molar-refractivity contribution >= 4 is 72.4 Å². The number of ketones is 2. The third-order valence-corrected chi connectivity index (χ3v) is 16.3. The van der Waals surface area contributed by atoms with Crippen LogP contribution in [0.5, 0.6) is 0 Å². The van der Waals surface area contributed by atoms with E-state index in [1.807, 2.05) is 200 Å². The molecule has 14 rings (SSSR count). The molecule has 81 heavy (non-hydrogen) atoms. The van der Waals surface area contributed by atoms with E-state index in [9.17, 15) is 19.2 Å². The number of nitriles is 1. The Morgan fingerprint density at radius 3 is 1.38 bits per heavy atom. The Balaban J connectivity index is 0.000000171. The van der Waals surface area contributed by atoms with Crippen molar-refractivity contribution in [3.05, 3.63) is 229 Å². The van der Waals surface area contributed by atoms with Crippen LogP contribution in [0.2, 0.25) is 0 Å². The summed E-state index contributed by atoms with van der Waals surface area (Å²) in [6, 6.07) is 67.7. The second-order valence-electron chi connectivity index (χ2n) is 21.1. The van der Waals surface area contributed by atoms with Gasteiger partial charge in [-0.15, -0.1) is 0 Å². The molecule has 2 N–H and O–H groups in total. The van der Waals surface area contributed by atoms with Gasteiger partial charge in [-0.2, -0.15) is 5.26 Å². The van der Waals surface area contributed by atoms with Crippen LogP contribution < -0.4 is 27.6 Å². The van der Waals surface area contributed by atoms with Crippen molar-refractivity contribution in [1.82, 2.24) is 4.90 Å². The van der Waals surface area contributed by atoms with Gasteiger partial charge in [0, 0.05) is 54.7 Å². The van der Waals surface area contributed by atoms with Gasteiger partial charge in [-0.3, -0.25) is 14.5 Å². The summed E-state index contributed by atoms with van der Waals surface area (Å²) in [5.74, 6) is 0.696. The maximum atomic E-state index is 13.6. The van der Waals surface area contributed by atoms with E-state index < -0.39 is 12.1 Å². The molecule has 8 aromatic rings. The Kier molecular flexibility index (Phi) is 21.6. The molecule has 13 heteroatoms. The van der Waals surface area contributed by atoms with Gasteiger partial charge in [-0.1, -0.05) is 186 Å². The zero-order valence-corrected chi connectivity index (χ0v) is 48.8. The summed E-state index contributed by atoms with van der Waals surface area (Å²) in [5.41, 5.74) is 5.11. The Morgan fingerprint density at radius 2 is 0.951 bits per heavy atom. The number of hydrogen-bond acceptors (Lipinski definition) is 10. The van der Waals surface area contributed by atoms with E-state index in [0.717, 1.165) is 108 Å². The zero-order valence-electron chi connectivity index (χ0n) is 45.6. The highest BCUT2D eigenvalue weighted by Crippen LogP contribution is 2.37. The molecule has 6 aliphatic heterocycles. The molecule has 6 fully saturated rings. The Bertz CT molecular complexity index is 3370. The van der Waals surface area contributed by atoms with Crippen LogP contribution in [0.4, 0.5) is 11.4 Å². The van der Waals surface area contributed by atoms with Gasteiger partial charge in [0.05, 0.1) is 24.5 Å². The third kappa shape index (κ3) is 15.9.